The number of benzene rings is 2. The molecule has 192 valence electrons. The van der Waals surface area contributed by atoms with Gasteiger partial charge in [0.2, 0.25) is 0 Å². The lowest BCUT2D eigenvalue weighted by Gasteiger charge is -2.22. The van der Waals surface area contributed by atoms with E-state index in [2.05, 4.69) is 5.10 Å². The standard InChI is InChI=1S/C24H25F2N3O6S/c1-14(2)21(35-22(30)11-27)13-34-23-18(15-4-7-17(8-5-15)36(3,32)33)12-28-29(24(23)31)16-6-9-19(25)20(26)10-16/h4-10,12,14,21H,11,13,27H2,1-3H3. The highest BCUT2D eigenvalue weighted by molar-refractivity contribution is 7.90. The molecule has 0 amide bonds. The lowest BCUT2D eigenvalue weighted by molar-refractivity contribution is -0.151. The van der Waals surface area contributed by atoms with Gasteiger partial charge in [-0.05, 0) is 35.7 Å². The third kappa shape index (κ3) is 6.13. The number of hydrogen-bond donors (Lipinski definition) is 1. The maximum Gasteiger partial charge on any atom is 0.320 e. The lowest BCUT2D eigenvalue weighted by Crippen LogP contribution is -2.34. The molecule has 0 spiro atoms. The molecule has 0 bridgehead atoms. The van der Waals surface area contributed by atoms with Crippen molar-refractivity contribution in [2.45, 2.75) is 24.8 Å². The van der Waals surface area contributed by atoms with Crippen LogP contribution in [0.3, 0.4) is 0 Å². The number of hydrogen-bond acceptors (Lipinski definition) is 8. The van der Waals surface area contributed by atoms with E-state index < -0.39 is 39.1 Å². The molecule has 0 radical (unpaired) electrons. The smallest absolute Gasteiger partial charge is 0.320 e. The molecule has 0 aliphatic carbocycles. The first-order chi connectivity index (χ1) is 16.9. The molecule has 1 aromatic heterocycles. The van der Waals surface area contributed by atoms with Gasteiger partial charge in [-0.3, -0.25) is 9.59 Å². The van der Waals surface area contributed by atoms with Crippen molar-refractivity contribution in [3.8, 4) is 22.6 Å². The summed E-state index contributed by atoms with van der Waals surface area (Å²) in [6, 6.07) is 8.56. The van der Waals surface area contributed by atoms with Crippen molar-refractivity contribution in [3.05, 3.63) is 70.6 Å². The second-order valence-electron chi connectivity index (χ2n) is 8.29. The molecule has 0 aliphatic rings. The first kappa shape index (κ1) is 27.0. The van der Waals surface area contributed by atoms with Crippen LogP contribution in [0.25, 0.3) is 16.8 Å². The van der Waals surface area contributed by atoms with Gasteiger partial charge in [-0.1, -0.05) is 26.0 Å². The number of nitrogens with two attached hydrogens (primary N) is 1. The Bertz CT molecular complexity index is 1420. The van der Waals surface area contributed by atoms with E-state index in [1.165, 1.54) is 36.5 Å². The van der Waals surface area contributed by atoms with E-state index in [-0.39, 0.29) is 41.0 Å². The fourth-order valence-corrected chi connectivity index (χ4v) is 3.84. The molecular formula is C24H25F2N3O6S. The maximum absolute atomic E-state index is 13.8. The number of ether oxygens (including phenoxy) is 2. The molecule has 0 saturated carbocycles. The Hall–Kier alpha value is -3.64. The topological polar surface area (TPSA) is 131 Å². The van der Waals surface area contributed by atoms with Gasteiger partial charge in [0, 0.05) is 17.9 Å². The van der Waals surface area contributed by atoms with Gasteiger partial charge in [-0.15, -0.1) is 0 Å². The normalized spacial score (nSPS) is 12.4. The van der Waals surface area contributed by atoms with E-state index in [1.807, 2.05) is 0 Å². The van der Waals surface area contributed by atoms with Crippen molar-refractivity contribution >= 4 is 15.8 Å². The van der Waals surface area contributed by atoms with E-state index >= 15 is 0 Å². The Morgan fingerprint density at radius 2 is 1.78 bits per heavy atom. The summed E-state index contributed by atoms with van der Waals surface area (Å²) < 4.78 is 62.8. The van der Waals surface area contributed by atoms with Crippen molar-refractivity contribution in [1.82, 2.24) is 9.78 Å². The van der Waals surface area contributed by atoms with Crippen LogP contribution in [0.4, 0.5) is 8.78 Å². The summed E-state index contributed by atoms with van der Waals surface area (Å²) in [6.07, 6.45) is 1.60. The number of nitrogens with zero attached hydrogens (tertiary/aromatic N) is 2. The van der Waals surface area contributed by atoms with Crippen LogP contribution in [-0.4, -0.2) is 49.7 Å². The van der Waals surface area contributed by atoms with Crippen LogP contribution < -0.4 is 16.0 Å². The average Bonchev–Trinajstić information content (AvgIpc) is 2.83. The molecule has 0 aliphatic heterocycles. The molecule has 0 saturated heterocycles. The molecular weight excluding hydrogens is 496 g/mol. The van der Waals surface area contributed by atoms with Gasteiger partial charge in [0.15, 0.2) is 27.2 Å². The predicted octanol–water partition coefficient (Wildman–Crippen LogP) is 2.49. The van der Waals surface area contributed by atoms with Crippen LogP contribution >= 0.6 is 0 Å². The molecule has 9 nitrogen and oxygen atoms in total. The molecule has 3 aromatic rings. The number of carbonyl (C=O) groups is 1. The van der Waals surface area contributed by atoms with Gasteiger partial charge in [-0.2, -0.15) is 9.78 Å². The molecule has 12 heteroatoms. The minimum atomic E-state index is -3.45. The zero-order valence-corrected chi connectivity index (χ0v) is 20.6. The Morgan fingerprint density at radius 3 is 2.33 bits per heavy atom. The summed E-state index contributed by atoms with van der Waals surface area (Å²) in [5, 5.41) is 4.07. The summed E-state index contributed by atoms with van der Waals surface area (Å²) in [5.41, 5.74) is 5.12. The van der Waals surface area contributed by atoms with Crippen LogP contribution in [0, 0.1) is 17.6 Å². The summed E-state index contributed by atoms with van der Waals surface area (Å²) in [7, 11) is -3.45. The third-order valence-electron chi connectivity index (χ3n) is 5.26. The summed E-state index contributed by atoms with van der Waals surface area (Å²) in [5.74, 6) is -3.31. The van der Waals surface area contributed by atoms with Crippen LogP contribution in [0.5, 0.6) is 5.75 Å². The monoisotopic (exact) mass is 521 g/mol. The number of halogens is 2. The highest BCUT2D eigenvalue weighted by Gasteiger charge is 2.23. The molecule has 0 fully saturated rings. The van der Waals surface area contributed by atoms with Gasteiger partial charge in [0.25, 0.3) is 0 Å². The fourth-order valence-electron chi connectivity index (χ4n) is 3.21. The Balaban J connectivity index is 2.10. The second-order valence-corrected chi connectivity index (χ2v) is 10.3. The Kier molecular flexibility index (Phi) is 8.21. The highest BCUT2D eigenvalue weighted by atomic mass is 32.2. The molecule has 36 heavy (non-hydrogen) atoms. The van der Waals surface area contributed by atoms with Crippen LogP contribution in [0.1, 0.15) is 13.8 Å². The molecule has 2 aromatic carbocycles. The zero-order chi connectivity index (χ0) is 26.6. The first-order valence-electron chi connectivity index (χ1n) is 10.8. The summed E-state index contributed by atoms with van der Waals surface area (Å²) in [6.45, 7) is 3.03. The van der Waals surface area contributed by atoms with E-state index in [0.29, 0.717) is 5.56 Å². The average molecular weight is 522 g/mol. The number of carbonyl (C=O) groups excluding carboxylic acids is 1. The fraction of sp³-hybridized carbons (Fsp3) is 0.292. The van der Waals surface area contributed by atoms with Crippen molar-refractivity contribution < 1.29 is 31.5 Å². The van der Waals surface area contributed by atoms with Gasteiger partial charge >= 0.3 is 11.5 Å². The van der Waals surface area contributed by atoms with E-state index in [1.54, 1.807) is 13.8 Å². The third-order valence-corrected chi connectivity index (χ3v) is 6.39. The van der Waals surface area contributed by atoms with E-state index in [0.717, 1.165) is 23.1 Å². The summed E-state index contributed by atoms with van der Waals surface area (Å²) >= 11 is 0. The number of rotatable bonds is 9. The largest absolute Gasteiger partial charge is 0.483 e. The van der Waals surface area contributed by atoms with Crippen molar-refractivity contribution in [3.63, 3.8) is 0 Å². The SMILES string of the molecule is CC(C)C(COc1c(-c2ccc(S(C)(=O)=O)cc2)cnn(-c2ccc(F)c(F)c2)c1=O)OC(=O)CN. The van der Waals surface area contributed by atoms with Crippen molar-refractivity contribution in [2.24, 2.45) is 11.7 Å². The second kappa shape index (κ2) is 11.0. The van der Waals surface area contributed by atoms with E-state index in [4.69, 9.17) is 15.2 Å². The lowest BCUT2D eigenvalue weighted by atomic mass is 10.1. The van der Waals surface area contributed by atoms with Gasteiger partial charge < -0.3 is 15.2 Å². The molecule has 1 unspecified atom stereocenters. The van der Waals surface area contributed by atoms with Gasteiger partial charge in [-0.25, -0.2) is 17.2 Å². The minimum Gasteiger partial charge on any atom is -0.483 e. The molecule has 1 heterocycles. The van der Waals surface area contributed by atoms with Crippen LogP contribution in [-0.2, 0) is 19.4 Å². The van der Waals surface area contributed by atoms with Gasteiger partial charge in [0.05, 0.1) is 23.3 Å². The van der Waals surface area contributed by atoms with Crippen molar-refractivity contribution in [1.29, 1.82) is 0 Å². The highest BCUT2D eigenvalue weighted by Crippen LogP contribution is 2.28. The Morgan fingerprint density at radius 1 is 1.11 bits per heavy atom. The van der Waals surface area contributed by atoms with Crippen molar-refractivity contribution in [2.75, 3.05) is 19.4 Å². The summed E-state index contributed by atoms with van der Waals surface area (Å²) in [4.78, 5) is 25.2. The first-order valence-corrected chi connectivity index (χ1v) is 12.7. The predicted molar refractivity (Wildman–Crippen MR) is 128 cm³/mol. The molecule has 1 atom stereocenters. The zero-order valence-electron chi connectivity index (χ0n) is 19.8. The minimum absolute atomic E-state index is 0.0438. The quantitative estimate of drug-likeness (QED) is 0.425. The number of aromatic nitrogens is 2. The number of esters is 1. The molecule has 2 N–H and O–H groups in total. The van der Waals surface area contributed by atoms with Gasteiger partial charge in [0.1, 0.15) is 12.7 Å². The maximum atomic E-state index is 13.8. The molecule has 3 rings (SSSR count). The number of sulfone groups is 1. The van der Waals surface area contributed by atoms with Crippen LogP contribution in [0.15, 0.2) is 58.4 Å². The Labute approximate surface area is 206 Å². The van der Waals surface area contributed by atoms with E-state index in [9.17, 15) is 26.8 Å². The van der Waals surface area contributed by atoms with Crippen LogP contribution in [0.2, 0.25) is 0 Å².